The first-order valence-corrected chi connectivity index (χ1v) is 7.00. The molecule has 1 aliphatic rings. The van der Waals surface area contributed by atoms with Gasteiger partial charge in [0.2, 0.25) is 0 Å². The van der Waals surface area contributed by atoms with E-state index in [-0.39, 0.29) is 11.9 Å². The Morgan fingerprint density at radius 3 is 2.70 bits per heavy atom. The Morgan fingerprint density at radius 2 is 2.05 bits per heavy atom. The van der Waals surface area contributed by atoms with Crippen LogP contribution in [0.5, 0.6) is 0 Å². The van der Waals surface area contributed by atoms with Crippen LogP contribution in [-0.4, -0.2) is 31.1 Å². The summed E-state index contributed by atoms with van der Waals surface area (Å²) in [5, 5.41) is 3.34. The first-order chi connectivity index (χ1) is 9.75. The summed E-state index contributed by atoms with van der Waals surface area (Å²) in [4.78, 5) is 2.33. The van der Waals surface area contributed by atoms with Crippen molar-refractivity contribution in [1.82, 2.24) is 10.2 Å². The van der Waals surface area contributed by atoms with Crippen LogP contribution in [0.1, 0.15) is 22.9 Å². The van der Waals surface area contributed by atoms with E-state index >= 15 is 0 Å². The zero-order valence-electron chi connectivity index (χ0n) is 11.6. The van der Waals surface area contributed by atoms with E-state index < -0.39 is 0 Å². The number of hydrogen-bond acceptors (Lipinski definition) is 3. The lowest BCUT2D eigenvalue weighted by Gasteiger charge is -2.34. The van der Waals surface area contributed by atoms with Crippen molar-refractivity contribution in [2.75, 3.05) is 26.2 Å². The molecule has 0 aliphatic carbocycles. The third-order valence-corrected chi connectivity index (χ3v) is 3.84. The fraction of sp³-hybridized carbons (Fsp3) is 0.375. The van der Waals surface area contributed by atoms with Crippen LogP contribution in [0.2, 0.25) is 0 Å². The minimum Gasteiger partial charge on any atom is -0.467 e. The van der Waals surface area contributed by atoms with E-state index in [0.717, 1.165) is 37.5 Å². The average Bonchev–Trinajstić information content (AvgIpc) is 2.98. The van der Waals surface area contributed by atoms with Gasteiger partial charge in [0, 0.05) is 26.2 Å². The molecule has 4 heteroatoms. The maximum Gasteiger partial charge on any atom is 0.126 e. The molecule has 1 N–H and O–H groups in total. The van der Waals surface area contributed by atoms with Gasteiger partial charge in [0.05, 0.1) is 12.3 Å². The van der Waals surface area contributed by atoms with E-state index in [1.165, 1.54) is 0 Å². The molecule has 0 spiro atoms. The highest BCUT2D eigenvalue weighted by atomic mass is 19.1. The Labute approximate surface area is 118 Å². The predicted molar refractivity (Wildman–Crippen MR) is 76.1 cm³/mol. The van der Waals surface area contributed by atoms with Crippen LogP contribution in [0, 0.1) is 12.7 Å². The summed E-state index contributed by atoms with van der Waals surface area (Å²) in [7, 11) is 0. The summed E-state index contributed by atoms with van der Waals surface area (Å²) in [6.45, 7) is 5.55. The summed E-state index contributed by atoms with van der Waals surface area (Å²) >= 11 is 0. The van der Waals surface area contributed by atoms with Crippen molar-refractivity contribution in [2.24, 2.45) is 0 Å². The van der Waals surface area contributed by atoms with Crippen molar-refractivity contribution in [3.8, 4) is 0 Å². The maximum atomic E-state index is 13.9. The van der Waals surface area contributed by atoms with Crippen LogP contribution in [0.15, 0.2) is 41.0 Å². The first-order valence-electron chi connectivity index (χ1n) is 7.00. The number of piperazine rings is 1. The largest absolute Gasteiger partial charge is 0.467 e. The standard InChI is InChI=1S/C16H19FN2O/c1-12-4-5-13(11-14(12)17)16(15-3-2-10-20-15)19-8-6-18-7-9-19/h2-5,10-11,16,18H,6-9H2,1H3/t16-/m1/s1. The van der Waals surface area contributed by atoms with Crippen LogP contribution < -0.4 is 5.32 Å². The van der Waals surface area contributed by atoms with Crippen LogP contribution >= 0.6 is 0 Å². The second-order valence-electron chi connectivity index (χ2n) is 5.21. The molecule has 0 radical (unpaired) electrons. The molecule has 0 amide bonds. The Bertz CT molecular complexity index is 562. The molecule has 1 saturated heterocycles. The van der Waals surface area contributed by atoms with Gasteiger partial charge in [-0.05, 0) is 36.2 Å². The number of rotatable bonds is 3. The molecule has 106 valence electrons. The predicted octanol–water partition coefficient (Wildman–Crippen LogP) is 2.72. The molecule has 1 aromatic heterocycles. The molecule has 2 heterocycles. The molecule has 1 fully saturated rings. The van der Waals surface area contributed by atoms with E-state index in [9.17, 15) is 4.39 Å². The third-order valence-electron chi connectivity index (χ3n) is 3.84. The van der Waals surface area contributed by atoms with Crippen LogP contribution in [0.25, 0.3) is 0 Å². The number of nitrogens with one attached hydrogen (secondary N) is 1. The van der Waals surface area contributed by atoms with Crippen molar-refractivity contribution in [3.63, 3.8) is 0 Å². The van der Waals surface area contributed by atoms with E-state index in [2.05, 4.69) is 10.2 Å². The van der Waals surface area contributed by atoms with Crippen molar-refractivity contribution < 1.29 is 8.81 Å². The molecule has 20 heavy (non-hydrogen) atoms. The fourth-order valence-electron chi connectivity index (χ4n) is 2.72. The molecule has 1 aromatic carbocycles. The van der Waals surface area contributed by atoms with Crippen molar-refractivity contribution >= 4 is 0 Å². The monoisotopic (exact) mass is 274 g/mol. The Balaban J connectivity index is 1.98. The lowest BCUT2D eigenvalue weighted by Crippen LogP contribution is -2.45. The zero-order valence-corrected chi connectivity index (χ0v) is 11.6. The molecule has 0 bridgehead atoms. The fourth-order valence-corrected chi connectivity index (χ4v) is 2.72. The van der Waals surface area contributed by atoms with Crippen molar-refractivity contribution in [1.29, 1.82) is 0 Å². The van der Waals surface area contributed by atoms with Gasteiger partial charge in [-0.3, -0.25) is 4.90 Å². The van der Waals surface area contributed by atoms with Crippen LogP contribution in [0.4, 0.5) is 4.39 Å². The third kappa shape index (κ3) is 2.62. The van der Waals surface area contributed by atoms with Gasteiger partial charge in [-0.2, -0.15) is 0 Å². The van der Waals surface area contributed by atoms with E-state index in [1.54, 1.807) is 19.3 Å². The van der Waals surface area contributed by atoms with Gasteiger partial charge in [0.1, 0.15) is 11.6 Å². The lowest BCUT2D eigenvalue weighted by atomic mass is 10.0. The smallest absolute Gasteiger partial charge is 0.126 e. The summed E-state index contributed by atoms with van der Waals surface area (Å²) in [6.07, 6.45) is 1.68. The summed E-state index contributed by atoms with van der Waals surface area (Å²) in [6, 6.07) is 9.29. The highest BCUT2D eigenvalue weighted by molar-refractivity contribution is 5.30. The van der Waals surface area contributed by atoms with Crippen LogP contribution in [-0.2, 0) is 0 Å². The number of hydrogen-bond donors (Lipinski definition) is 1. The average molecular weight is 274 g/mol. The quantitative estimate of drug-likeness (QED) is 0.933. The molecule has 1 atom stereocenters. The van der Waals surface area contributed by atoms with E-state index in [0.29, 0.717) is 5.56 Å². The molecule has 3 nitrogen and oxygen atoms in total. The maximum absolute atomic E-state index is 13.9. The van der Waals surface area contributed by atoms with Gasteiger partial charge in [0.15, 0.2) is 0 Å². The number of aryl methyl sites for hydroxylation is 1. The minimum atomic E-state index is -0.158. The molecule has 0 unspecified atom stereocenters. The Hall–Kier alpha value is -1.65. The van der Waals surface area contributed by atoms with E-state index in [4.69, 9.17) is 4.42 Å². The topological polar surface area (TPSA) is 28.4 Å². The van der Waals surface area contributed by atoms with Gasteiger partial charge in [-0.25, -0.2) is 4.39 Å². The van der Waals surface area contributed by atoms with Gasteiger partial charge in [0.25, 0.3) is 0 Å². The summed E-state index contributed by atoms with van der Waals surface area (Å²) < 4.78 is 19.5. The first kappa shape index (κ1) is 13.3. The molecular weight excluding hydrogens is 255 g/mol. The number of benzene rings is 1. The zero-order chi connectivity index (χ0) is 13.9. The SMILES string of the molecule is Cc1ccc([C@H](c2ccco2)N2CCNCC2)cc1F. The molecule has 3 rings (SSSR count). The summed E-state index contributed by atoms with van der Waals surface area (Å²) in [5.74, 6) is 0.712. The lowest BCUT2D eigenvalue weighted by molar-refractivity contribution is 0.180. The number of halogens is 1. The van der Waals surface area contributed by atoms with Crippen LogP contribution in [0.3, 0.4) is 0 Å². The van der Waals surface area contributed by atoms with Gasteiger partial charge in [-0.1, -0.05) is 12.1 Å². The van der Waals surface area contributed by atoms with Gasteiger partial charge in [-0.15, -0.1) is 0 Å². The van der Waals surface area contributed by atoms with E-state index in [1.807, 2.05) is 24.3 Å². The molecule has 1 aliphatic heterocycles. The molecule has 0 saturated carbocycles. The molecule has 2 aromatic rings. The second-order valence-corrected chi connectivity index (χ2v) is 5.21. The highest BCUT2D eigenvalue weighted by Gasteiger charge is 2.26. The minimum absolute atomic E-state index is 0.0119. The number of nitrogens with zero attached hydrogens (tertiary/aromatic N) is 1. The Kier molecular flexibility index (Phi) is 3.85. The summed E-state index contributed by atoms with van der Waals surface area (Å²) in [5.41, 5.74) is 1.62. The highest BCUT2D eigenvalue weighted by Crippen LogP contribution is 2.30. The van der Waals surface area contributed by atoms with Crippen molar-refractivity contribution in [2.45, 2.75) is 13.0 Å². The normalized spacial score (nSPS) is 18.1. The number of furan rings is 1. The molecular formula is C16H19FN2O. The van der Waals surface area contributed by atoms with Gasteiger partial charge < -0.3 is 9.73 Å². The van der Waals surface area contributed by atoms with Crippen molar-refractivity contribution in [3.05, 3.63) is 59.3 Å². The Morgan fingerprint density at radius 1 is 1.25 bits per heavy atom. The van der Waals surface area contributed by atoms with Gasteiger partial charge >= 0.3 is 0 Å². The second kappa shape index (κ2) is 5.77.